The molecule has 0 aromatic heterocycles. The average molecular weight is 215 g/mol. The molecule has 0 spiro atoms. The molecular formula is C10H21N3O2. The van der Waals surface area contributed by atoms with E-state index in [9.17, 15) is 9.59 Å². The van der Waals surface area contributed by atoms with Gasteiger partial charge in [-0.25, -0.2) is 0 Å². The summed E-state index contributed by atoms with van der Waals surface area (Å²) in [7, 11) is 0. The minimum atomic E-state index is -0.362. The Kier molecular flexibility index (Phi) is 5.93. The van der Waals surface area contributed by atoms with Crippen LogP contribution >= 0.6 is 0 Å². The van der Waals surface area contributed by atoms with Crippen LogP contribution in [0.2, 0.25) is 0 Å². The van der Waals surface area contributed by atoms with Gasteiger partial charge in [0.05, 0.1) is 6.04 Å². The van der Waals surface area contributed by atoms with E-state index in [-0.39, 0.29) is 29.8 Å². The molecule has 0 fully saturated rings. The average Bonchev–Trinajstić information content (AvgIpc) is 2.12. The first-order chi connectivity index (χ1) is 6.84. The third kappa shape index (κ3) is 6.06. The molecule has 0 rings (SSSR count). The topological polar surface area (TPSA) is 84.2 Å². The summed E-state index contributed by atoms with van der Waals surface area (Å²) in [5, 5.41) is 5.73. The zero-order valence-electron chi connectivity index (χ0n) is 9.83. The molecule has 0 aliphatic heterocycles. The standard InChI is InChI=1S/C10H21N3O2/c1-6(2)13-10(15)8(4)12-5-7(3)9(11)14/h6-8,12H,5H2,1-4H3,(H2,11,14)(H,13,15). The smallest absolute Gasteiger partial charge is 0.237 e. The molecule has 0 heterocycles. The summed E-state index contributed by atoms with van der Waals surface area (Å²) < 4.78 is 0. The van der Waals surface area contributed by atoms with Crippen molar-refractivity contribution in [2.24, 2.45) is 11.7 Å². The van der Waals surface area contributed by atoms with Crippen LogP contribution in [0.25, 0.3) is 0 Å². The number of rotatable bonds is 6. The van der Waals surface area contributed by atoms with Crippen molar-refractivity contribution >= 4 is 11.8 Å². The van der Waals surface area contributed by atoms with Crippen LogP contribution in [0, 0.1) is 5.92 Å². The Bertz CT molecular complexity index is 229. The second kappa shape index (κ2) is 6.40. The Labute approximate surface area is 90.8 Å². The SMILES string of the molecule is CC(C)NC(=O)C(C)NCC(C)C(N)=O. The molecule has 0 aromatic rings. The number of carbonyl (C=O) groups excluding carboxylic acids is 2. The lowest BCUT2D eigenvalue weighted by Gasteiger charge is -2.17. The predicted octanol–water partition coefficient (Wildman–Crippen LogP) is -0.389. The number of nitrogens with one attached hydrogen (secondary N) is 2. The lowest BCUT2D eigenvalue weighted by molar-refractivity contribution is -0.124. The summed E-state index contributed by atoms with van der Waals surface area (Å²) in [6.45, 7) is 7.70. The van der Waals surface area contributed by atoms with E-state index in [0.29, 0.717) is 6.54 Å². The zero-order chi connectivity index (χ0) is 12.0. The van der Waals surface area contributed by atoms with Crippen LogP contribution < -0.4 is 16.4 Å². The number of amides is 2. The summed E-state index contributed by atoms with van der Waals surface area (Å²) in [5.41, 5.74) is 5.10. The van der Waals surface area contributed by atoms with Gasteiger partial charge in [0.2, 0.25) is 11.8 Å². The molecule has 0 aliphatic carbocycles. The van der Waals surface area contributed by atoms with Crippen LogP contribution in [0.5, 0.6) is 0 Å². The fourth-order valence-corrected chi connectivity index (χ4v) is 0.956. The molecule has 4 N–H and O–H groups in total. The van der Waals surface area contributed by atoms with Crippen LogP contribution in [0.4, 0.5) is 0 Å². The van der Waals surface area contributed by atoms with Crippen LogP contribution in [0.15, 0.2) is 0 Å². The Morgan fingerprint density at radius 2 is 1.73 bits per heavy atom. The molecule has 0 aliphatic rings. The second-order valence-electron chi connectivity index (χ2n) is 4.10. The first-order valence-corrected chi connectivity index (χ1v) is 5.17. The van der Waals surface area contributed by atoms with Crippen LogP contribution in [-0.4, -0.2) is 30.4 Å². The van der Waals surface area contributed by atoms with Gasteiger partial charge in [-0.1, -0.05) is 6.92 Å². The van der Waals surface area contributed by atoms with E-state index in [0.717, 1.165) is 0 Å². The molecule has 0 saturated carbocycles. The molecule has 0 aromatic carbocycles. The lowest BCUT2D eigenvalue weighted by atomic mass is 10.1. The molecule has 5 nitrogen and oxygen atoms in total. The summed E-state index contributed by atoms with van der Waals surface area (Å²) in [4.78, 5) is 22.2. The molecule has 5 heteroatoms. The van der Waals surface area contributed by atoms with Gasteiger partial charge in [-0.2, -0.15) is 0 Å². The highest BCUT2D eigenvalue weighted by molar-refractivity contribution is 5.81. The zero-order valence-corrected chi connectivity index (χ0v) is 9.83. The van der Waals surface area contributed by atoms with Crippen molar-refractivity contribution in [2.75, 3.05) is 6.54 Å². The highest BCUT2D eigenvalue weighted by Gasteiger charge is 2.15. The Morgan fingerprint density at radius 3 is 2.13 bits per heavy atom. The number of hydrogen-bond donors (Lipinski definition) is 3. The lowest BCUT2D eigenvalue weighted by Crippen LogP contribution is -2.46. The predicted molar refractivity (Wildman–Crippen MR) is 59.1 cm³/mol. The van der Waals surface area contributed by atoms with Crippen LogP contribution in [0.1, 0.15) is 27.7 Å². The number of carbonyl (C=O) groups is 2. The number of nitrogens with two attached hydrogens (primary N) is 1. The molecule has 0 radical (unpaired) electrons. The van der Waals surface area contributed by atoms with Crippen LogP contribution in [0.3, 0.4) is 0 Å². The van der Waals surface area contributed by atoms with E-state index >= 15 is 0 Å². The minimum Gasteiger partial charge on any atom is -0.369 e. The monoisotopic (exact) mass is 215 g/mol. The molecule has 2 unspecified atom stereocenters. The molecule has 0 bridgehead atoms. The van der Waals surface area contributed by atoms with Crippen molar-refractivity contribution in [2.45, 2.75) is 39.8 Å². The van der Waals surface area contributed by atoms with E-state index in [4.69, 9.17) is 5.73 Å². The van der Waals surface area contributed by atoms with Crippen LogP contribution in [-0.2, 0) is 9.59 Å². The van der Waals surface area contributed by atoms with E-state index in [1.165, 1.54) is 0 Å². The maximum Gasteiger partial charge on any atom is 0.237 e. The maximum atomic E-state index is 11.4. The first kappa shape index (κ1) is 13.9. The van der Waals surface area contributed by atoms with Crippen molar-refractivity contribution in [1.29, 1.82) is 0 Å². The molecule has 15 heavy (non-hydrogen) atoms. The van der Waals surface area contributed by atoms with E-state index in [2.05, 4.69) is 10.6 Å². The quantitative estimate of drug-likeness (QED) is 0.564. The summed E-state index contributed by atoms with van der Waals surface area (Å²) in [5.74, 6) is -0.695. The fraction of sp³-hybridized carbons (Fsp3) is 0.800. The minimum absolute atomic E-state index is 0.0679. The normalized spacial score (nSPS) is 14.7. The van der Waals surface area contributed by atoms with Crippen molar-refractivity contribution in [3.05, 3.63) is 0 Å². The first-order valence-electron chi connectivity index (χ1n) is 5.17. The summed E-state index contributed by atoms with van der Waals surface area (Å²) in [6, 6.07) is -0.190. The largest absolute Gasteiger partial charge is 0.369 e. The highest BCUT2D eigenvalue weighted by atomic mass is 16.2. The molecule has 2 amide bonds. The maximum absolute atomic E-state index is 11.4. The van der Waals surface area contributed by atoms with Gasteiger partial charge in [0, 0.05) is 18.5 Å². The van der Waals surface area contributed by atoms with Crippen molar-refractivity contribution in [3.8, 4) is 0 Å². The van der Waals surface area contributed by atoms with Gasteiger partial charge < -0.3 is 16.4 Å². The Hall–Kier alpha value is -1.10. The molecule has 0 saturated heterocycles. The van der Waals surface area contributed by atoms with Gasteiger partial charge in [0.1, 0.15) is 0 Å². The summed E-state index contributed by atoms with van der Waals surface area (Å²) in [6.07, 6.45) is 0. The van der Waals surface area contributed by atoms with Gasteiger partial charge in [0.15, 0.2) is 0 Å². The van der Waals surface area contributed by atoms with E-state index < -0.39 is 0 Å². The highest BCUT2D eigenvalue weighted by Crippen LogP contribution is 1.92. The van der Waals surface area contributed by atoms with Crippen molar-refractivity contribution in [3.63, 3.8) is 0 Å². The second-order valence-corrected chi connectivity index (χ2v) is 4.10. The number of primary amides is 1. The van der Waals surface area contributed by atoms with E-state index in [1.807, 2.05) is 13.8 Å². The Balaban J connectivity index is 3.87. The van der Waals surface area contributed by atoms with Gasteiger partial charge in [-0.15, -0.1) is 0 Å². The van der Waals surface area contributed by atoms with Gasteiger partial charge >= 0.3 is 0 Å². The molecule has 88 valence electrons. The van der Waals surface area contributed by atoms with Gasteiger partial charge in [-0.05, 0) is 20.8 Å². The number of hydrogen-bond acceptors (Lipinski definition) is 3. The van der Waals surface area contributed by atoms with Gasteiger partial charge in [-0.3, -0.25) is 9.59 Å². The third-order valence-electron chi connectivity index (χ3n) is 2.04. The fourth-order valence-electron chi connectivity index (χ4n) is 0.956. The van der Waals surface area contributed by atoms with Crippen molar-refractivity contribution < 1.29 is 9.59 Å². The molecule has 2 atom stereocenters. The summed E-state index contributed by atoms with van der Waals surface area (Å²) >= 11 is 0. The van der Waals surface area contributed by atoms with Crippen molar-refractivity contribution in [1.82, 2.24) is 10.6 Å². The van der Waals surface area contributed by atoms with E-state index in [1.54, 1.807) is 13.8 Å². The molecular weight excluding hydrogens is 194 g/mol. The third-order valence-corrected chi connectivity index (χ3v) is 2.04. The van der Waals surface area contributed by atoms with Gasteiger partial charge in [0.25, 0.3) is 0 Å². The Morgan fingerprint density at radius 1 is 1.20 bits per heavy atom.